The lowest BCUT2D eigenvalue weighted by molar-refractivity contribution is 0.499. The lowest BCUT2D eigenvalue weighted by Gasteiger charge is -2.10. The van der Waals surface area contributed by atoms with Gasteiger partial charge >= 0.3 is 0 Å². The van der Waals surface area contributed by atoms with Crippen LogP contribution in [0.2, 0.25) is 0 Å². The molecule has 1 atom stereocenters. The number of hydrogen-bond donors (Lipinski definition) is 0. The third-order valence-electron chi connectivity index (χ3n) is 1.94. The van der Waals surface area contributed by atoms with Crippen molar-refractivity contribution in [2.75, 3.05) is 5.75 Å². The standard InChI is InChI=1S/C9H18OS/c1-3-5-6-9(4-2)7-11-8-10/h8-9H,3-7H2,1-2H3. The fourth-order valence-corrected chi connectivity index (χ4v) is 1.83. The molecule has 0 aliphatic carbocycles. The van der Waals surface area contributed by atoms with Gasteiger partial charge < -0.3 is 0 Å². The van der Waals surface area contributed by atoms with E-state index < -0.39 is 0 Å². The van der Waals surface area contributed by atoms with E-state index in [2.05, 4.69) is 13.8 Å². The average Bonchev–Trinajstić information content (AvgIpc) is 2.05. The molecule has 66 valence electrons. The first-order chi connectivity index (χ1) is 5.35. The van der Waals surface area contributed by atoms with Crippen LogP contribution >= 0.6 is 11.8 Å². The van der Waals surface area contributed by atoms with Crippen LogP contribution in [0.3, 0.4) is 0 Å². The molecular formula is C9H18OS. The molecule has 0 heterocycles. The van der Waals surface area contributed by atoms with E-state index in [1.807, 2.05) is 0 Å². The lowest BCUT2D eigenvalue weighted by Crippen LogP contribution is -2.01. The molecule has 0 saturated carbocycles. The molecule has 0 aromatic carbocycles. The Morgan fingerprint density at radius 3 is 2.64 bits per heavy atom. The van der Waals surface area contributed by atoms with Gasteiger partial charge in [-0.15, -0.1) is 0 Å². The van der Waals surface area contributed by atoms with Gasteiger partial charge in [0.2, 0.25) is 0 Å². The lowest BCUT2D eigenvalue weighted by atomic mass is 10.0. The highest BCUT2D eigenvalue weighted by Gasteiger charge is 2.04. The molecule has 0 N–H and O–H groups in total. The topological polar surface area (TPSA) is 17.1 Å². The van der Waals surface area contributed by atoms with Gasteiger partial charge in [-0.3, -0.25) is 4.79 Å². The number of carbonyl (C=O) groups is 1. The molecule has 0 aliphatic heterocycles. The molecule has 1 nitrogen and oxygen atoms in total. The minimum Gasteiger partial charge on any atom is -0.291 e. The molecule has 0 aromatic heterocycles. The van der Waals surface area contributed by atoms with Crippen molar-refractivity contribution in [1.82, 2.24) is 0 Å². The summed E-state index contributed by atoms with van der Waals surface area (Å²) < 4.78 is 0. The van der Waals surface area contributed by atoms with Crippen LogP contribution in [-0.4, -0.2) is 11.4 Å². The zero-order chi connectivity index (χ0) is 8.53. The first kappa shape index (κ1) is 11.0. The summed E-state index contributed by atoms with van der Waals surface area (Å²) in [6, 6.07) is 0. The van der Waals surface area contributed by atoms with Crippen molar-refractivity contribution in [3.05, 3.63) is 0 Å². The van der Waals surface area contributed by atoms with Gasteiger partial charge in [-0.25, -0.2) is 0 Å². The monoisotopic (exact) mass is 174 g/mol. The van der Waals surface area contributed by atoms with Gasteiger partial charge in [0.05, 0.1) is 0 Å². The van der Waals surface area contributed by atoms with Gasteiger partial charge in [-0.1, -0.05) is 44.9 Å². The van der Waals surface area contributed by atoms with Gasteiger partial charge in [0.1, 0.15) is 0 Å². The van der Waals surface area contributed by atoms with Crippen LogP contribution < -0.4 is 0 Å². The summed E-state index contributed by atoms with van der Waals surface area (Å²) in [5, 5.41) is 0. The fourth-order valence-electron chi connectivity index (χ4n) is 1.07. The summed E-state index contributed by atoms with van der Waals surface area (Å²) in [6.07, 6.45) is 5.06. The number of thioether (sulfide) groups is 1. The number of carbonyl (C=O) groups excluding carboxylic acids is 1. The molecule has 11 heavy (non-hydrogen) atoms. The fraction of sp³-hybridized carbons (Fsp3) is 0.889. The van der Waals surface area contributed by atoms with E-state index in [0.717, 1.165) is 17.3 Å². The van der Waals surface area contributed by atoms with E-state index >= 15 is 0 Å². The van der Waals surface area contributed by atoms with Crippen LogP contribution in [0.4, 0.5) is 0 Å². The normalized spacial score (nSPS) is 12.9. The number of hydrogen-bond acceptors (Lipinski definition) is 2. The zero-order valence-corrected chi connectivity index (χ0v) is 8.32. The molecule has 0 saturated heterocycles. The Labute approximate surface area is 73.9 Å². The molecule has 2 heteroatoms. The van der Waals surface area contributed by atoms with Gasteiger partial charge in [0.15, 0.2) is 5.62 Å². The van der Waals surface area contributed by atoms with Crippen LogP contribution in [0.5, 0.6) is 0 Å². The minimum absolute atomic E-state index is 0.755. The van der Waals surface area contributed by atoms with E-state index in [1.54, 1.807) is 0 Å². The van der Waals surface area contributed by atoms with Crippen molar-refractivity contribution in [2.24, 2.45) is 5.92 Å². The molecule has 0 bridgehead atoms. The van der Waals surface area contributed by atoms with Gasteiger partial charge in [-0.05, 0) is 12.3 Å². The van der Waals surface area contributed by atoms with E-state index in [-0.39, 0.29) is 0 Å². The van der Waals surface area contributed by atoms with Crippen LogP contribution in [0.15, 0.2) is 0 Å². The summed E-state index contributed by atoms with van der Waals surface area (Å²) in [5.74, 6) is 1.77. The van der Waals surface area contributed by atoms with Gasteiger partial charge in [0, 0.05) is 5.75 Å². The predicted molar refractivity (Wildman–Crippen MR) is 52.5 cm³/mol. The first-order valence-corrected chi connectivity index (χ1v) is 5.45. The van der Waals surface area contributed by atoms with Crippen molar-refractivity contribution < 1.29 is 4.79 Å². The second-order valence-electron chi connectivity index (χ2n) is 2.85. The summed E-state index contributed by atoms with van der Waals surface area (Å²) in [6.45, 7) is 4.41. The Morgan fingerprint density at radius 1 is 1.45 bits per heavy atom. The second kappa shape index (κ2) is 8.12. The van der Waals surface area contributed by atoms with Crippen LogP contribution in [0.25, 0.3) is 0 Å². The predicted octanol–water partition coefficient (Wildman–Crippen LogP) is 3.13. The van der Waals surface area contributed by atoms with Crippen molar-refractivity contribution >= 4 is 17.4 Å². The van der Waals surface area contributed by atoms with E-state index in [4.69, 9.17) is 0 Å². The quantitative estimate of drug-likeness (QED) is 0.552. The molecule has 0 aromatic rings. The minimum atomic E-state index is 0.755. The molecule has 0 rings (SSSR count). The summed E-state index contributed by atoms with van der Waals surface area (Å²) in [4.78, 5) is 10.1. The maximum atomic E-state index is 10.1. The summed E-state index contributed by atoms with van der Waals surface area (Å²) in [7, 11) is 0. The third kappa shape index (κ3) is 6.42. The molecular weight excluding hydrogens is 156 g/mol. The summed E-state index contributed by atoms with van der Waals surface area (Å²) >= 11 is 1.41. The van der Waals surface area contributed by atoms with Crippen molar-refractivity contribution in [3.8, 4) is 0 Å². The third-order valence-corrected chi connectivity index (χ3v) is 2.74. The summed E-state index contributed by atoms with van der Waals surface area (Å²) in [5.41, 5.74) is 0.953. The Balaban J connectivity index is 3.32. The number of unbranched alkanes of at least 4 members (excludes halogenated alkanes) is 1. The molecule has 1 unspecified atom stereocenters. The van der Waals surface area contributed by atoms with Crippen molar-refractivity contribution in [3.63, 3.8) is 0 Å². The Morgan fingerprint density at radius 2 is 2.18 bits per heavy atom. The molecule has 0 aliphatic rings. The smallest absolute Gasteiger partial charge is 0.176 e. The maximum absolute atomic E-state index is 10.1. The highest BCUT2D eigenvalue weighted by molar-refractivity contribution is 8.11. The molecule has 0 radical (unpaired) electrons. The van der Waals surface area contributed by atoms with E-state index in [1.165, 1.54) is 37.4 Å². The van der Waals surface area contributed by atoms with E-state index in [0.29, 0.717) is 0 Å². The van der Waals surface area contributed by atoms with E-state index in [9.17, 15) is 4.79 Å². The van der Waals surface area contributed by atoms with Gasteiger partial charge in [0.25, 0.3) is 0 Å². The van der Waals surface area contributed by atoms with Gasteiger partial charge in [-0.2, -0.15) is 0 Å². The molecule has 0 spiro atoms. The second-order valence-corrected chi connectivity index (χ2v) is 3.71. The average molecular weight is 174 g/mol. The maximum Gasteiger partial charge on any atom is 0.176 e. The van der Waals surface area contributed by atoms with Crippen molar-refractivity contribution in [1.29, 1.82) is 0 Å². The SMILES string of the molecule is CCCCC(CC)CSC=O. The van der Waals surface area contributed by atoms with Crippen LogP contribution in [0.1, 0.15) is 39.5 Å². The Kier molecular flexibility index (Phi) is 8.13. The Bertz CT molecular complexity index is 93.6. The first-order valence-electron chi connectivity index (χ1n) is 4.40. The highest BCUT2D eigenvalue weighted by atomic mass is 32.2. The van der Waals surface area contributed by atoms with Crippen molar-refractivity contribution in [2.45, 2.75) is 39.5 Å². The molecule has 0 fully saturated rings. The largest absolute Gasteiger partial charge is 0.291 e. The molecule has 0 amide bonds. The van der Waals surface area contributed by atoms with Crippen LogP contribution in [-0.2, 0) is 4.79 Å². The Hall–Kier alpha value is 0.0200. The van der Waals surface area contributed by atoms with Crippen LogP contribution in [0, 0.1) is 5.92 Å². The number of rotatable bonds is 7. The highest BCUT2D eigenvalue weighted by Crippen LogP contribution is 2.16. The zero-order valence-electron chi connectivity index (χ0n) is 7.51.